The van der Waals surface area contributed by atoms with Crippen LogP contribution in [-0.2, 0) is 4.74 Å². The van der Waals surface area contributed by atoms with E-state index in [1.807, 2.05) is 0 Å². The van der Waals surface area contributed by atoms with Gasteiger partial charge in [0.05, 0.1) is 18.2 Å². The molecule has 19 heavy (non-hydrogen) atoms. The van der Waals surface area contributed by atoms with Gasteiger partial charge in [0, 0.05) is 18.1 Å². The van der Waals surface area contributed by atoms with Crippen molar-refractivity contribution in [2.24, 2.45) is 0 Å². The monoisotopic (exact) mass is 257 g/mol. The summed E-state index contributed by atoms with van der Waals surface area (Å²) in [5.41, 5.74) is 1.35. The Labute approximate surface area is 109 Å². The quantitative estimate of drug-likeness (QED) is 0.843. The lowest BCUT2D eigenvalue weighted by Gasteiger charge is -2.05. The van der Waals surface area contributed by atoms with Crippen LogP contribution in [0.3, 0.4) is 0 Å². The van der Waals surface area contributed by atoms with E-state index >= 15 is 0 Å². The predicted molar refractivity (Wildman–Crippen MR) is 67.8 cm³/mol. The van der Waals surface area contributed by atoms with Crippen LogP contribution in [0.15, 0.2) is 43.0 Å². The molecule has 0 aliphatic carbocycles. The van der Waals surface area contributed by atoms with Crippen molar-refractivity contribution in [1.82, 2.24) is 9.97 Å². The van der Waals surface area contributed by atoms with E-state index in [0.717, 1.165) is 0 Å². The first-order valence-electron chi connectivity index (χ1n) is 5.45. The number of hydrogen-bond donors (Lipinski definition) is 1. The van der Waals surface area contributed by atoms with Crippen LogP contribution in [-0.4, -0.2) is 29.0 Å². The zero-order valence-electron chi connectivity index (χ0n) is 10.2. The Bertz CT molecular complexity index is 582. The molecule has 0 aliphatic heterocycles. The van der Waals surface area contributed by atoms with Crippen LogP contribution in [0.2, 0.25) is 0 Å². The molecule has 6 nitrogen and oxygen atoms in total. The third kappa shape index (κ3) is 3.12. The first-order valence-corrected chi connectivity index (χ1v) is 5.45. The van der Waals surface area contributed by atoms with Crippen molar-refractivity contribution in [3.05, 3.63) is 54.1 Å². The molecule has 1 heterocycles. The van der Waals surface area contributed by atoms with Crippen molar-refractivity contribution in [2.75, 3.05) is 12.4 Å². The van der Waals surface area contributed by atoms with E-state index in [9.17, 15) is 9.59 Å². The van der Waals surface area contributed by atoms with Gasteiger partial charge in [-0.2, -0.15) is 0 Å². The Morgan fingerprint density at radius 1 is 1.05 bits per heavy atom. The van der Waals surface area contributed by atoms with Gasteiger partial charge in [-0.25, -0.2) is 14.8 Å². The van der Waals surface area contributed by atoms with Gasteiger partial charge in [-0.05, 0) is 24.3 Å². The minimum atomic E-state index is -0.422. The summed E-state index contributed by atoms with van der Waals surface area (Å²) in [7, 11) is 1.31. The molecule has 0 spiro atoms. The summed E-state index contributed by atoms with van der Waals surface area (Å²) in [6.45, 7) is 0. The predicted octanol–water partition coefficient (Wildman–Crippen LogP) is 1.52. The van der Waals surface area contributed by atoms with E-state index in [-0.39, 0.29) is 5.91 Å². The second-order valence-corrected chi connectivity index (χ2v) is 3.65. The molecule has 96 valence electrons. The van der Waals surface area contributed by atoms with Gasteiger partial charge in [0.2, 0.25) is 0 Å². The SMILES string of the molecule is COC(=O)c1ccc(NC(=O)c2cncnc2)cc1. The summed E-state index contributed by atoms with van der Waals surface area (Å²) in [4.78, 5) is 30.6. The fourth-order valence-corrected chi connectivity index (χ4v) is 1.43. The number of nitrogens with zero attached hydrogens (tertiary/aromatic N) is 2. The first kappa shape index (κ1) is 12.7. The summed E-state index contributed by atoms with van der Waals surface area (Å²) in [5, 5.41) is 2.67. The highest BCUT2D eigenvalue weighted by Gasteiger charge is 2.08. The van der Waals surface area contributed by atoms with Crippen LogP contribution in [0.1, 0.15) is 20.7 Å². The molecule has 2 rings (SSSR count). The summed E-state index contributed by atoms with van der Waals surface area (Å²) >= 11 is 0. The van der Waals surface area contributed by atoms with Gasteiger partial charge >= 0.3 is 5.97 Å². The highest BCUT2D eigenvalue weighted by molar-refractivity contribution is 6.04. The maximum absolute atomic E-state index is 11.8. The minimum Gasteiger partial charge on any atom is -0.465 e. The molecule has 0 atom stereocenters. The van der Waals surface area contributed by atoms with Crippen molar-refractivity contribution in [3.8, 4) is 0 Å². The molecular weight excluding hydrogens is 246 g/mol. The molecule has 6 heteroatoms. The molecule has 1 aromatic heterocycles. The summed E-state index contributed by atoms with van der Waals surface area (Å²) in [5.74, 6) is -0.735. The van der Waals surface area contributed by atoms with E-state index in [2.05, 4.69) is 20.0 Å². The van der Waals surface area contributed by atoms with Crippen molar-refractivity contribution in [3.63, 3.8) is 0 Å². The zero-order chi connectivity index (χ0) is 13.7. The molecule has 0 bridgehead atoms. The number of methoxy groups -OCH3 is 1. The van der Waals surface area contributed by atoms with Gasteiger partial charge in [-0.3, -0.25) is 4.79 Å². The van der Waals surface area contributed by atoms with Crippen molar-refractivity contribution >= 4 is 17.6 Å². The fourth-order valence-electron chi connectivity index (χ4n) is 1.43. The zero-order valence-corrected chi connectivity index (χ0v) is 10.2. The minimum absolute atomic E-state index is 0.314. The Morgan fingerprint density at radius 2 is 1.68 bits per heavy atom. The molecule has 2 aromatic rings. The highest BCUT2D eigenvalue weighted by Crippen LogP contribution is 2.11. The number of ether oxygens (including phenoxy) is 1. The van der Waals surface area contributed by atoms with E-state index in [1.54, 1.807) is 24.3 Å². The van der Waals surface area contributed by atoms with E-state index in [4.69, 9.17) is 0 Å². The summed E-state index contributed by atoms with van der Waals surface area (Å²) in [6, 6.07) is 6.38. The van der Waals surface area contributed by atoms with E-state index in [1.165, 1.54) is 25.8 Å². The third-order valence-electron chi connectivity index (χ3n) is 2.39. The van der Waals surface area contributed by atoms with Crippen molar-refractivity contribution in [2.45, 2.75) is 0 Å². The van der Waals surface area contributed by atoms with E-state index < -0.39 is 5.97 Å². The summed E-state index contributed by atoms with van der Waals surface area (Å²) in [6.07, 6.45) is 4.19. The Kier molecular flexibility index (Phi) is 3.82. The van der Waals surface area contributed by atoms with Crippen LogP contribution in [0.4, 0.5) is 5.69 Å². The molecule has 0 unspecified atom stereocenters. The van der Waals surface area contributed by atoms with Gasteiger partial charge in [0.1, 0.15) is 6.33 Å². The lowest BCUT2D eigenvalue weighted by atomic mass is 10.2. The lowest BCUT2D eigenvalue weighted by molar-refractivity contribution is 0.0600. The van der Waals surface area contributed by atoms with Crippen LogP contribution in [0.25, 0.3) is 0 Å². The fraction of sp³-hybridized carbons (Fsp3) is 0.0769. The summed E-state index contributed by atoms with van der Waals surface area (Å²) < 4.78 is 4.58. The van der Waals surface area contributed by atoms with Crippen LogP contribution < -0.4 is 5.32 Å². The number of aromatic nitrogens is 2. The second-order valence-electron chi connectivity index (χ2n) is 3.65. The smallest absolute Gasteiger partial charge is 0.337 e. The van der Waals surface area contributed by atoms with Gasteiger partial charge < -0.3 is 10.1 Å². The van der Waals surface area contributed by atoms with Gasteiger partial charge in [-0.15, -0.1) is 0 Å². The number of carbonyl (C=O) groups is 2. The van der Waals surface area contributed by atoms with Gasteiger partial charge in [0.15, 0.2) is 0 Å². The Balaban J connectivity index is 2.08. The van der Waals surface area contributed by atoms with Crippen LogP contribution in [0, 0.1) is 0 Å². The Morgan fingerprint density at radius 3 is 2.26 bits per heavy atom. The number of anilines is 1. The number of hydrogen-bond acceptors (Lipinski definition) is 5. The largest absolute Gasteiger partial charge is 0.465 e. The molecule has 1 aromatic carbocycles. The standard InChI is InChI=1S/C13H11N3O3/c1-19-13(18)9-2-4-11(5-3-9)16-12(17)10-6-14-8-15-7-10/h2-8H,1H3,(H,16,17). The molecule has 0 aliphatic rings. The van der Waals surface area contributed by atoms with Gasteiger partial charge in [-0.1, -0.05) is 0 Å². The molecule has 0 saturated carbocycles. The topological polar surface area (TPSA) is 81.2 Å². The maximum Gasteiger partial charge on any atom is 0.337 e. The number of amides is 1. The number of carbonyl (C=O) groups excluding carboxylic acids is 2. The Hall–Kier alpha value is -2.76. The van der Waals surface area contributed by atoms with Crippen molar-refractivity contribution in [1.29, 1.82) is 0 Å². The number of esters is 1. The van der Waals surface area contributed by atoms with Gasteiger partial charge in [0.25, 0.3) is 5.91 Å². The lowest BCUT2D eigenvalue weighted by Crippen LogP contribution is -2.12. The average molecular weight is 257 g/mol. The number of rotatable bonds is 3. The molecule has 0 radical (unpaired) electrons. The van der Waals surface area contributed by atoms with Crippen LogP contribution in [0.5, 0.6) is 0 Å². The highest BCUT2D eigenvalue weighted by atomic mass is 16.5. The normalized spacial score (nSPS) is 9.74. The molecular formula is C13H11N3O3. The maximum atomic E-state index is 11.8. The molecule has 0 fully saturated rings. The number of nitrogens with one attached hydrogen (secondary N) is 1. The third-order valence-corrected chi connectivity index (χ3v) is 2.39. The van der Waals surface area contributed by atoms with E-state index in [0.29, 0.717) is 16.8 Å². The molecule has 0 saturated heterocycles. The first-order chi connectivity index (χ1) is 9.20. The molecule has 1 N–H and O–H groups in total. The average Bonchev–Trinajstić information content (AvgIpc) is 2.48. The van der Waals surface area contributed by atoms with Crippen molar-refractivity contribution < 1.29 is 14.3 Å². The van der Waals surface area contributed by atoms with Crippen LogP contribution >= 0.6 is 0 Å². The molecule has 1 amide bonds. The second kappa shape index (κ2) is 5.72. The number of benzene rings is 1.